The summed E-state index contributed by atoms with van der Waals surface area (Å²) < 4.78 is 32.7. The highest BCUT2D eigenvalue weighted by Gasteiger charge is 2.18. The minimum absolute atomic E-state index is 0.0370. The molecule has 0 spiro atoms. The molecule has 0 aliphatic rings. The Morgan fingerprint density at radius 1 is 1.50 bits per heavy atom. The summed E-state index contributed by atoms with van der Waals surface area (Å²) in [7, 11) is 1.19. The van der Waals surface area contributed by atoms with Crippen molar-refractivity contribution in [1.29, 1.82) is 0 Å². The first kappa shape index (κ1) is 13.2. The zero-order valence-electron chi connectivity index (χ0n) is 7.97. The van der Waals surface area contributed by atoms with Crippen LogP contribution in [0.25, 0.3) is 0 Å². The molecule has 7 heteroatoms. The maximum atomic E-state index is 12.0. The molecule has 0 bridgehead atoms. The molecule has 0 aromatic heterocycles. The molecule has 1 aromatic rings. The standard InChI is InChI=1S/C9H6BrClF2O3/c1-15-8(14)4-2-3-5(16-9(12)13)6(10)7(4)11/h2-3,9H,1H3. The van der Waals surface area contributed by atoms with Gasteiger partial charge in [0.05, 0.1) is 22.2 Å². The molecule has 0 atom stereocenters. The van der Waals surface area contributed by atoms with Gasteiger partial charge in [-0.25, -0.2) is 4.79 Å². The van der Waals surface area contributed by atoms with Crippen LogP contribution in [0.5, 0.6) is 5.75 Å². The van der Waals surface area contributed by atoms with Gasteiger partial charge in [-0.2, -0.15) is 8.78 Å². The Bertz CT molecular complexity index is 412. The third-order valence-electron chi connectivity index (χ3n) is 1.67. The van der Waals surface area contributed by atoms with Crippen molar-refractivity contribution in [1.82, 2.24) is 0 Å². The lowest BCUT2D eigenvalue weighted by atomic mass is 10.2. The maximum Gasteiger partial charge on any atom is 0.387 e. The van der Waals surface area contributed by atoms with E-state index in [-0.39, 0.29) is 20.8 Å². The minimum Gasteiger partial charge on any atom is -0.465 e. The van der Waals surface area contributed by atoms with E-state index in [1.54, 1.807) is 0 Å². The van der Waals surface area contributed by atoms with Crippen LogP contribution in [0.2, 0.25) is 5.02 Å². The Kier molecular flexibility index (Phi) is 4.49. The molecular formula is C9H6BrClF2O3. The van der Waals surface area contributed by atoms with Crippen molar-refractivity contribution in [3.05, 3.63) is 27.2 Å². The van der Waals surface area contributed by atoms with Crippen LogP contribution in [0.15, 0.2) is 16.6 Å². The summed E-state index contributed by atoms with van der Waals surface area (Å²) in [6.07, 6.45) is 0. The molecule has 3 nitrogen and oxygen atoms in total. The second kappa shape index (κ2) is 5.45. The van der Waals surface area contributed by atoms with Gasteiger partial charge >= 0.3 is 12.6 Å². The van der Waals surface area contributed by atoms with Crippen LogP contribution >= 0.6 is 27.5 Å². The first-order valence-electron chi connectivity index (χ1n) is 3.98. The van der Waals surface area contributed by atoms with Gasteiger partial charge in [0.2, 0.25) is 0 Å². The smallest absolute Gasteiger partial charge is 0.387 e. The normalized spacial score (nSPS) is 10.4. The molecule has 88 valence electrons. The molecule has 0 heterocycles. The van der Waals surface area contributed by atoms with E-state index < -0.39 is 12.6 Å². The van der Waals surface area contributed by atoms with E-state index in [1.807, 2.05) is 0 Å². The largest absolute Gasteiger partial charge is 0.465 e. The monoisotopic (exact) mass is 314 g/mol. The van der Waals surface area contributed by atoms with Gasteiger partial charge in [0.1, 0.15) is 5.75 Å². The van der Waals surface area contributed by atoms with E-state index >= 15 is 0 Å². The van der Waals surface area contributed by atoms with Crippen molar-refractivity contribution >= 4 is 33.5 Å². The maximum absolute atomic E-state index is 12.0. The lowest BCUT2D eigenvalue weighted by molar-refractivity contribution is -0.0503. The number of halogens is 4. The highest BCUT2D eigenvalue weighted by atomic mass is 79.9. The number of carbonyl (C=O) groups is 1. The average molecular weight is 315 g/mol. The summed E-state index contributed by atoms with van der Waals surface area (Å²) in [5, 5.41) is -0.0370. The number of methoxy groups -OCH3 is 1. The molecule has 1 rings (SSSR count). The van der Waals surface area contributed by atoms with E-state index in [4.69, 9.17) is 11.6 Å². The Morgan fingerprint density at radius 2 is 2.12 bits per heavy atom. The van der Waals surface area contributed by atoms with Gasteiger partial charge in [0.15, 0.2) is 0 Å². The molecule has 0 fully saturated rings. The SMILES string of the molecule is COC(=O)c1ccc(OC(F)F)c(Br)c1Cl. The number of rotatable bonds is 3. The first-order chi connectivity index (χ1) is 7.47. The van der Waals surface area contributed by atoms with Crippen LogP contribution < -0.4 is 4.74 Å². The molecule has 16 heavy (non-hydrogen) atoms. The number of ether oxygens (including phenoxy) is 2. The molecule has 0 amide bonds. The molecule has 0 aliphatic heterocycles. The summed E-state index contributed by atoms with van der Waals surface area (Å²) in [6, 6.07) is 2.45. The van der Waals surface area contributed by atoms with E-state index in [0.717, 1.165) is 0 Å². The zero-order chi connectivity index (χ0) is 12.3. The molecule has 0 aliphatic carbocycles. The van der Waals surface area contributed by atoms with Crippen molar-refractivity contribution in [3.8, 4) is 5.75 Å². The quantitative estimate of drug-likeness (QED) is 0.801. The Labute approximate surface area is 103 Å². The fourth-order valence-corrected chi connectivity index (χ4v) is 1.66. The average Bonchev–Trinajstić information content (AvgIpc) is 2.23. The zero-order valence-corrected chi connectivity index (χ0v) is 10.3. The number of hydrogen-bond acceptors (Lipinski definition) is 3. The summed E-state index contributed by atoms with van der Waals surface area (Å²) in [5.41, 5.74) is 0.0673. The molecular weight excluding hydrogens is 309 g/mol. The summed E-state index contributed by atoms with van der Waals surface area (Å²) in [6.45, 7) is -2.96. The summed E-state index contributed by atoms with van der Waals surface area (Å²) >= 11 is 8.74. The highest BCUT2D eigenvalue weighted by Crippen LogP contribution is 2.36. The summed E-state index contributed by atoms with van der Waals surface area (Å²) in [5.74, 6) is -0.804. The van der Waals surface area contributed by atoms with Crippen molar-refractivity contribution in [2.45, 2.75) is 6.61 Å². The lowest BCUT2D eigenvalue weighted by Crippen LogP contribution is -2.06. The van der Waals surface area contributed by atoms with Gasteiger partial charge in [-0.05, 0) is 28.1 Å². The number of hydrogen-bond donors (Lipinski definition) is 0. The van der Waals surface area contributed by atoms with Crippen LogP contribution in [0.3, 0.4) is 0 Å². The van der Waals surface area contributed by atoms with Crippen molar-refractivity contribution in [2.75, 3.05) is 7.11 Å². The molecule has 0 N–H and O–H groups in total. The third-order valence-corrected chi connectivity index (χ3v) is 3.08. The number of esters is 1. The van der Waals surface area contributed by atoms with Gasteiger partial charge in [-0.1, -0.05) is 11.6 Å². The van der Waals surface area contributed by atoms with Gasteiger partial charge in [-0.3, -0.25) is 0 Å². The highest BCUT2D eigenvalue weighted by molar-refractivity contribution is 9.10. The topological polar surface area (TPSA) is 35.5 Å². The van der Waals surface area contributed by atoms with E-state index in [1.165, 1.54) is 19.2 Å². The first-order valence-corrected chi connectivity index (χ1v) is 5.15. The van der Waals surface area contributed by atoms with Crippen LogP contribution in [0.1, 0.15) is 10.4 Å². The second-order valence-electron chi connectivity index (χ2n) is 2.61. The lowest BCUT2D eigenvalue weighted by Gasteiger charge is -2.10. The van der Waals surface area contributed by atoms with Crippen LogP contribution in [-0.2, 0) is 4.74 Å². The molecule has 0 saturated carbocycles. The van der Waals surface area contributed by atoms with Crippen LogP contribution in [0.4, 0.5) is 8.78 Å². The van der Waals surface area contributed by atoms with Crippen LogP contribution in [-0.4, -0.2) is 19.7 Å². The molecule has 0 radical (unpaired) electrons. The predicted octanol–water partition coefficient (Wildman–Crippen LogP) is 3.49. The van der Waals surface area contributed by atoms with Crippen molar-refractivity contribution in [3.63, 3.8) is 0 Å². The second-order valence-corrected chi connectivity index (χ2v) is 3.78. The Morgan fingerprint density at radius 3 is 2.62 bits per heavy atom. The molecule has 1 aromatic carbocycles. The Balaban J connectivity index is 3.13. The Hall–Kier alpha value is -0.880. The third kappa shape index (κ3) is 2.82. The van der Waals surface area contributed by atoms with Gasteiger partial charge in [0, 0.05) is 0 Å². The van der Waals surface area contributed by atoms with Crippen LogP contribution in [0, 0.1) is 0 Å². The van der Waals surface area contributed by atoms with Gasteiger partial charge in [0.25, 0.3) is 0 Å². The fraction of sp³-hybridized carbons (Fsp3) is 0.222. The fourth-order valence-electron chi connectivity index (χ4n) is 0.986. The van der Waals surface area contributed by atoms with Crippen molar-refractivity contribution < 1.29 is 23.0 Å². The van der Waals surface area contributed by atoms with Gasteiger partial charge in [-0.15, -0.1) is 0 Å². The van der Waals surface area contributed by atoms with E-state index in [9.17, 15) is 13.6 Å². The van der Waals surface area contributed by atoms with E-state index in [2.05, 4.69) is 25.4 Å². The molecule has 0 saturated heterocycles. The summed E-state index contributed by atoms with van der Waals surface area (Å²) in [4.78, 5) is 11.2. The van der Waals surface area contributed by atoms with E-state index in [0.29, 0.717) is 0 Å². The number of alkyl halides is 2. The number of benzene rings is 1. The minimum atomic E-state index is -2.96. The molecule has 0 unspecified atom stereocenters. The van der Waals surface area contributed by atoms with Gasteiger partial charge < -0.3 is 9.47 Å². The predicted molar refractivity (Wildman–Crippen MR) is 57.1 cm³/mol. The number of carbonyl (C=O) groups excluding carboxylic acids is 1. The van der Waals surface area contributed by atoms with Crippen molar-refractivity contribution in [2.24, 2.45) is 0 Å².